The highest BCUT2D eigenvalue weighted by atomic mass is 127. The summed E-state index contributed by atoms with van der Waals surface area (Å²) in [6, 6.07) is 13.1. The summed E-state index contributed by atoms with van der Waals surface area (Å²) in [6.45, 7) is 7.17. The summed E-state index contributed by atoms with van der Waals surface area (Å²) in [5, 5.41) is 6.75. The van der Waals surface area contributed by atoms with E-state index in [9.17, 15) is 0 Å². The van der Waals surface area contributed by atoms with E-state index in [1.165, 1.54) is 42.6 Å². The number of nitrogens with zero attached hydrogens (tertiary/aromatic N) is 3. The lowest BCUT2D eigenvalue weighted by atomic mass is 10.1. The van der Waals surface area contributed by atoms with Gasteiger partial charge in [-0.05, 0) is 62.0 Å². The first-order valence-electron chi connectivity index (χ1n) is 9.89. The van der Waals surface area contributed by atoms with Crippen molar-refractivity contribution in [3.8, 4) is 0 Å². The molecule has 1 saturated heterocycles. The van der Waals surface area contributed by atoms with Crippen LogP contribution in [0.15, 0.2) is 47.6 Å². The number of hydrogen-bond acceptors (Lipinski definition) is 3. The van der Waals surface area contributed by atoms with E-state index in [0.717, 1.165) is 37.7 Å². The van der Waals surface area contributed by atoms with Crippen LogP contribution < -0.4 is 10.6 Å². The van der Waals surface area contributed by atoms with E-state index < -0.39 is 0 Å². The van der Waals surface area contributed by atoms with Crippen LogP contribution in [0.2, 0.25) is 0 Å². The van der Waals surface area contributed by atoms with Crippen LogP contribution >= 0.6 is 24.0 Å². The van der Waals surface area contributed by atoms with Crippen LogP contribution in [0.5, 0.6) is 0 Å². The third-order valence-corrected chi connectivity index (χ3v) is 4.99. The predicted octanol–water partition coefficient (Wildman–Crippen LogP) is 3.51. The van der Waals surface area contributed by atoms with Gasteiger partial charge in [0.1, 0.15) is 0 Å². The molecular formula is C22H32IN5. The molecule has 1 aromatic carbocycles. The van der Waals surface area contributed by atoms with Gasteiger partial charge in [0.05, 0.1) is 0 Å². The second-order valence-corrected chi connectivity index (χ2v) is 7.21. The van der Waals surface area contributed by atoms with Crippen molar-refractivity contribution in [2.24, 2.45) is 4.99 Å². The molecule has 1 fully saturated rings. The summed E-state index contributed by atoms with van der Waals surface area (Å²) < 4.78 is 0. The highest BCUT2D eigenvalue weighted by molar-refractivity contribution is 14.0. The van der Waals surface area contributed by atoms with Gasteiger partial charge in [0.25, 0.3) is 0 Å². The van der Waals surface area contributed by atoms with Crippen molar-refractivity contribution in [1.29, 1.82) is 0 Å². The largest absolute Gasteiger partial charge is 0.356 e. The molecule has 0 saturated carbocycles. The van der Waals surface area contributed by atoms with Crippen LogP contribution in [0, 0.1) is 6.92 Å². The minimum absolute atomic E-state index is 0. The zero-order chi connectivity index (χ0) is 18.9. The first kappa shape index (κ1) is 22.6. The summed E-state index contributed by atoms with van der Waals surface area (Å²) in [7, 11) is 1.81. The highest BCUT2D eigenvalue weighted by Crippen LogP contribution is 2.13. The predicted molar refractivity (Wildman–Crippen MR) is 127 cm³/mol. The van der Waals surface area contributed by atoms with E-state index >= 15 is 0 Å². The number of hydrogen-bond donors (Lipinski definition) is 2. The van der Waals surface area contributed by atoms with Gasteiger partial charge < -0.3 is 10.6 Å². The van der Waals surface area contributed by atoms with Gasteiger partial charge in [0.15, 0.2) is 5.96 Å². The molecule has 0 spiro atoms. The molecule has 3 rings (SSSR count). The molecule has 1 aliphatic rings. The Morgan fingerprint density at radius 3 is 2.32 bits per heavy atom. The maximum absolute atomic E-state index is 4.34. The number of rotatable bonds is 7. The van der Waals surface area contributed by atoms with Gasteiger partial charge in [-0.1, -0.05) is 30.3 Å². The Morgan fingerprint density at radius 2 is 1.68 bits per heavy atom. The maximum Gasteiger partial charge on any atom is 0.191 e. The fourth-order valence-corrected chi connectivity index (χ4v) is 3.34. The topological polar surface area (TPSA) is 52.6 Å². The Morgan fingerprint density at radius 1 is 1.00 bits per heavy atom. The Labute approximate surface area is 186 Å². The number of aryl methyl sites for hydroxylation is 1. The summed E-state index contributed by atoms with van der Waals surface area (Å²) in [5.74, 6) is 0.830. The molecule has 28 heavy (non-hydrogen) atoms. The summed E-state index contributed by atoms with van der Waals surface area (Å²) in [5.41, 5.74) is 4.95. The SMILES string of the molecule is CN=C(NCCc1ccc(C)nc1)NCc1ccc(CN2CCCC2)cc1.I. The Balaban J connectivity index is 0.00000280. The van der Waals surface area contributed by atoms with Gasteiger partial charge in [-0.3, -0.25) is 14.9 Å². The van der Waals surface area contributed by atoms with E-state index in [1.54, 1.807) is 0 Å². The second kappa shape index (κ2) is 12.0. The van der Waals surface area contributed by atoms with Crippen LogP contribution in [-0.2, 0) is 19.5 Å². The van der Waals surface area contributed by atoms with Crippen molar-refractivity contribution in [1.82, 2.24) is 20.5 Å². The lowest BCUT2D eigenvalue weighted by Gasteiger charge is -2.15. The molecule has 1 aromatic heterocycles. The number of aromatic nitrogens is 1. The number of halogens is 1. The molecule has 0 atom stereocenters. The van der Waals surface area contributed by atoms with E-state index in [1.807, 2.05) is 20.2 Å². The second-order valence-electron chi connectivity index (χ2n) is 7.21. The number of likely N-dealkylation sites (tertiary alicyclic amines) is 1. The Hall–Kier alpha value is -1.67. The summed E-state index contributed by atoms with van der Waals surface area (Å²) in [6.07, 6.45) is 5.55. The van der Waals surface area contributed by atoms with Gasteiger partial charge in [-0.2, -0.15) is 0 Å². The number of aliphatic imine (C=N–C) groups is 1. The molecule has 2 heterocycles. The highest BCUT2D eigenvalue weighted by Gasteiger charge is 2.11. The standard InChI is InChI=1S/C22H31N5.HI/c1-18-5-6-20(15-25-18)11-12-24-22(23-2)26-16-19-7-9-21(10-8-19)17-27-13-3-4-14-27;/h5-10,15H,3-4,11-14,16-17H2,1-2H3,(H2,23,24,26);1H. The van der Waals surface area contributed by atoms with E-state index in [-0.39, 0.29) is 24.0 Å². The molecule has 0 unspecified atom stereocenters. The van der Waals surface area contributed by atoms with Gasteiger partial charge in [-0.15, -0.1) is 24.0 Å². The first-order chi connectivity index (χ1) is 13.2. The molecule has 0 radical (unpaired) electrons. The molecule has 0 bridgehead atoms. The number of nitrogens with one attached hydrogen (secondary N) is 2. The van der Waals surface area contributed by atoms with E-state index in [4.69, 9.17) is 0 Å². The molecule has 152 valence electrons. The lowest BCUT2D eigenvalue weighted by Crippen LogP contribution is -2.37. The van der Waals surface area contributed by atoms with Gasteiger partial charge in [0, 0.05) is 38.6 Å². The van der Waals surface area contributed by atoms with E-state index in [2.05, 4.69) is 61.9 Å². The fraction of sp³-hybridized carbons (Fsp3) is 0.455. The summed E-state index contributed by atoms with van der Waals surface area (Å²) in [4.78, 5) is 11.2. The smallest absolute Gasteiger partial charge is 0.191 e. The van der Waals surface area contributed by atoms with Gasteiger partial charge in [-0.25, -0.2) is 0 Å². The Kier molecular flexibility index (Phi) is 9.70. The molecule has 5 nitrogen and oxygen atoms in total. The zero-order valence-corrected chi connectivity index (χ0v) is 19.3. The molecular weight excluding hydrogens is 461 g/mol. The number of guanidine groups is 1. The average molecular weight is 493 g/mol. The average Bonchev–Trinajstić information content (AvgIpc) is 3.20. The van der Waals surface area contributed by atoms with Crippen LogP contribution in [0.3, 0.4) is 0 Å². The van der Waals surface area contributed by atoms with Crippen molar-refractivity contribution < 1.29 is 0 Å². The molecule has 0 aliphatic carbocycles. The molecule has 0 amide bonds. The molecule has 2 aromatic rings. The van der Waals surface area contributed by atoms with Crippen LogP contribution in [0.4, 0.5) is 0 Å². The van der Waals surface area contributed by atoms with E-state index in [0.29, 0.717) is 0 Å². The van der Waals surface area contributed by atoms with Crippen molar-refractivity contribution in [2.45, 2.75) is 39.3 Å². The van der Waals surface area contributed by atoms with Crippen molar-refractivity contribution >= 4 is 29.9 Å². The van der Waals surface area contributed by atoms with Gasteiger partial charge in [0.2, 0.25) is 0 Å². The van der Waals surface area contributed by atoms with Crippen LogP contribution in [0.25, 0.3) is 0 Å². The normalized spacial score (nSPS) is 14.6. The van der Waals surface area contributed by atoms with Crippen LogP contribution in [0.1, 0.15) is 35.2 Å². The number of pyridine rings is 1. The molecule has 6 heteroatoms. The van der Waals surface area contributed by atoms with Gasteiger partial charge >= 0.3 is 0 Å². The third-order valence-electron chi connectivity index (χ3n) is 4.99. The summed E-state index contributed by atoms with van der Waals surface area (Å²) >= 11 is 0. The molecule has 2 N–H and O–H groups in total. The minimum Gasteiger partial charge on any atom is -0.356 e. The fourth-order valence-electron chi connectivity index (χ4n) is 3.34. The first-order valence-corrected chi connectivity index (χ1v) is 9.89. The maximum atomic E-state index is 4.34. The van der Waals surface area contributed by atoms with Crippen molar-refractivity contribution in [2.75, 3.05) is 26.7 Å². The number of benzene rings is 1. The van der Waals surface area contributed by atoms with Crippen molar-refractivity contribution in [3.05, 3.63) is 65.0 Å². The Bertz CT molecular complexity index is 722. The third kappa shape index (κ3) is 7.39. The van der Waals surface area contributed by atoms with Crippen LogP contribution in [-0.4, -0.2) is 42.5 Å². The van der Waals surface area contributed by atoms with Crippen molar-refractivity contribution in [3.63, 3.8) is 0 Å². The zero-order valence-electron chi connectivity index (χ0n) is 16.9. The minimum atomic E-state index is 0. The molecule has 1 aliphatic heterocycles. The monoisotopic (exact) mass is 493 g/mol. The lowest BCUT2D eigenvalue weighted by molar-refractivity contribution is 0.331. The quantitative estimate of drug-likeness (QED) is 0.352.